The van der Waals surface area contributed by atoms with E-state index >= 15 is 0 Å². The van der Waals surface area contributed by atoms with Crippen molar-refractivity contribution in [2.75, 3.05) is 5.75 Å². The number of thioether (sulfide) groups is 1. The van der Waals surface area contributed by atoms with Gasteiger partial charge in [0, 0.05) is 10.8 Å². The molecule has 1 rings (SSSR count). The van der Waals surface area contributed by atoms with E-state index in [1.807, 2.05) is 32.0 Å². The molecule has 13 heavy (non-hydrogen) atoms. The predicted octanol–water partition coefficient (Wildman–Crippen LogP) is 3.95. The number of hydrogen-bond acceptors (Lipinski definition) is 1. The third-order valence-electron chi connectivity index (χ3n) is 2.08. The van der Waals surface area contributed by atoms with Gasteiger partial charge in [-0.3, -0.25) is 0 Å². The molecule has 0 bridgehead atoms. The maximum atomic E-state index is 13.6. The highest BCUT2D eigenvalue weighted by Gasteiger charge is 2.11. The monoisotopic (exact) mass is 198 g/mol. The van der Waals surface area contributed by atoms with Crippen LogP contribution in [0.2, 0.25) is 0 Å². The lowest BCUT2D eigenvalue weighted by molar-refractivity contribution is 0.602. The Bertz CT molecular complexity index is 283. The van der Waals surface area contributed by atoms with E-state index in [9.17, 15) is 4.39 Å². The maximum absolute atomic E-state index is 13.6. The SMILES string of the molecule is CCSC(C)c1cccc(C)c1F. The Hall–Kier alpha value is -0.500. The van der Waals surface area contributed by atoms with Crippen molar-refractivity contribution in [1.29, 1.82) is 0 Å². The quantitative estimate of drug-likeness (QED) is 0.708. The van der Waals surface area contributed by atoms with E-state index in [2.05, 4.69) is 6.92 Å². The molecule has 0 aliphatic heterocycles. The summed E-state index contributed by atoms with van der Waals surface area (Å²) in [5.74, 6) is 0.977. The largest absolute Gasteiger partial charge is 0.206 e. The Labute approximate surface area is 83.5 Å². The average molecular weight is 198 g/mol. The molecule has 0 N–H and O–H groups in total. The molecule has 0 aliphatic rings. The number of aryl methyl sites for hydroxylation is 1. The minimum absolute atomic E-state index is 0.0454. The highest BCUT2D eigenvalue weighted by Crippen LogP contribution is 2.30. The van der Waals surface area contributed by atoms with Crippen molar-refractivity contribution in [2.45, 2.75) is 26.0 Å². The summed E-state index contributed by atoms with van der Waals surface area (Å²) in [4.78, 5) is 0. The number of benzene rings is 1. The van der Waals surface area contributed by atoms with Crippen LogP contribution in [0.5, 0.6) is 0 Å². The van der Waals surface area contributed by atoms with Crippen LogP contribution in [-0.4, -0.2) is 5.75 Å². The molecule has 1 aromatic rings. The van der Waals surface area contributed by atoms with Crippen molar-refractivity contribution in [1.82, 2.24) is 0 Å². The van der Waals surface area contributed by atoms with Gasteiger partial charge in [-0.1, -0.05) is 25.1 Å². The van der Waals surface area contributed by atoms with Gasteiger partial charge in [0.05, 0.1) is 0 Å². The van der Waals surface area contributed by atoms with E-state index in [1.165, 1.54) is 0 Å². The molecule has 0 heterocycles. The minimum atomic E-state index is -0.0454. The molecule has 0 spiro atoms. The highest BCUT2D eigenvalue weighted by atomic mass is 32.2. The molecule has 0 aliphatic carbocycles. The van der Waals surface area contributed by atoms with Gasteiger partial charge in [0.2, 0.25) is 0 Å². The van der Waals surface area contributed by atoms with Crippen LogP contribution in [0.3, 0.4) is 0 Å². The van der Waals surface area contributed by atoms with Crippen LogP contribution in [0.25, 0.3) is 0 Å². The fourth-order valence-corrected chi connectivity index (χ4v) is 2.19. The predicted molar refractivity (Wildman–Crippen MR) is 57.7 cm³/mol. The number of halogens is 1. The second kappa shape index (κ2) is 4.66. The molecule has 0 amide bonds. The van der Waals surface area contributed by atoms with E-state index in [0.717, 1.165) is 16.9 Å². The summed E-state index contributed by atoms with van der Waals surface area (Å²) in [6.07, 6.45) is 0. The van der Waals surface area contributed by atoms with Crippen molar-refractivity contribution in [2.24, 2.45) is 0 Å². The lowest BCUT2D eigenvalue weighted by Crippen LogP contribution is -1.95. The van der Waals surface area contributed by atoms with Gasteiger partial charge in [-0.25, -0.2) is 4.39 Å². The van der Waals surface area contributed by atoms with Gasteiger partial charge in [0.1, 0.15) is 5.82 Å². The zero-order valence-electron chi connectivity index (χ0n) is 8.30. The van der Waals surface area contributed by atoms with Crippen LogP contribution in [0.15, 0.2) is 18.2 Å². The average Bonchev–Trinajstić information content (AvgIpc) is 2.10. The zero-order valence-corrected chi connectivity index (χ0v) is 9.12. The first-order chi connectivity index (χ1) is 6.16. The van der Waals surface area contributed by atoms with E-state index in [-0.39, 0.29) is 11.1 Å². The van der Waals surface area contributed by atoms with Crippen molar-refractivity contribution >= 4 is 11.8 Å². The van der Waals surface area contributed by atoms with Crippen LogP contribution in [0, 0.1) is 12.7 Å². The maximum Gasteiger partial charge on any atom is 0.130 e. The Morgan fingerprint density at radius 2 is 2.15 bits per heavy atom. The number of rotatable bonds is 3. The smallest absolute Gasteiger partial charge is 0.130 e. The van der Waals surface area contributed by atoms with Crippen LogP contribution in [-0.2, 0) is 0 Å². The Morgan fingerprint density at radius 3 is 2.77 bits per heavy atom. The first-order valence-electron chi connectivity index (χ1n) is 4.53. The first kappa shape index (κ1) is 10.6. The number of hydrogen-bond donors (Lipinski definition) is 0. The molecule has 0 saturated carbocycles. The highest BCUT2D eigenvalue weighted by molar-refractivity contribution is 7.99. The molecule has 1 unspecified atom stereocenters. The summed E-state index contributed by atoms with van der Waals surface area (Å²) in [7, 11) is 0. The lowest BCUT2D eigenvalue weighted by atomic mass is 10.1. The van der Waals surface area contributed by atoms with Crippen molar-refractivity contribution < 1.29 is 4.39 Å². The molecule has 2 heteroatoms. The molecule has 0 fully saturated rings. The molecule has 0 saturated heterocycles. The fraction of sp³-hybridized carbons (Fsp3) is 0.455. The van der Waals surface area contributed by atoms with E-state index in [4.69, 9.17) is 0 Å². The van der Waals surface area contributed by atoms with Crippen molar-refractivity contribution in [3.63, 3.8) is 0 Å². The lowest BCUT2D eigenvalue weighted by Gasteiger charge is -2.12. The standard InChI is InChI=1S/C11H15FS/c1-4-13-9(3)10-7-5-6-8(2)11(10)12/h5-7,9H,4H2,1-3H3. The fourth-order valence-electron chi connectivity index (χ4n) is 1.32. The van der Waals surface area contributed by atoms with E-state index in [0.29, 0.717) is 0 Å². The molecule has 0 radical (unpaired) electrons. The molecule has 1 aromatic carbocycles. The van der Waals surface area contributed by atoms with Crippen LogP contribution in [0.4, 0.5) is 4.39 Å². The Balaban J connectivity index is 2.93. The topological polar surface area (TPSA) is 0 Å². The van der Waals surface area contributed by atoms with Crippen molar-refractivity contribution in [3.8, 4) is 0 Å². The third-order valence-corrected chi connectivity index (χ3v) is 3.16. The molecule has 1 atom stereocenters. The van der Waals surface area contributed by atoms with Crippen LogP contribution >= 0.6 is 11.8 Å². The summed E-state index contributed by atoms with van der Waals surface area (Å²) >= 11 is 1.77. The molecule has 0 nitrogen and oxygen atoms in total. The van der Waals surface area contributed by atoms with Gasteiger partial charge in [-0.05, 0) is 25.2 Å². The molecule has 0 aromatic heterocycles. The van der Waals surface area contributed by atoms with Gasteiger partial charge in [-0.15, -0.1) is 0 Å². The first-order valence-corrected chi connectivity index (χ1v) is 5.58. The van der Waals surface area contributed by atoms with Gasteiger partial charge < -0.3 is 0 Å². The van der Waals surface area contributed by atoms with Crippen molar-refractivity contribution in [3.05, 3.63) is 35.1 Å². The molecular formula is C11H15FS. The molecule has 72 valence electrons. The summed E-state index contributed by atoms with van der Waals surface area (Å²) in [5, 5.41) is 0.255. The second-order valence-corrected chi connectivity index (χ2v) is 4.69. The summed E-state index contributed by atoms with van der Waals surface area (Å²) < 4.78 is 13.6. The Kier molecular flexibility index (Phi) is 3.79. The van der Waals surface area contributed by atoms with Crippen LogP contribution in [0.1, 0.15) is 30.2 Å². The van der Waals surface area contributed by atoms with Gasteiger partial charge >= 0.3 is 0 Å². The molecular weight excluding hydrogens is 183 g/mol. The van der Waals surface area contributed by atoms with Crippen LogP contribution < -0.4 is 0 Å². The van der Waals surface area contributed by atoms with Gasteiger partial charge in [-0.2, -0.15) is 11.8 Å². The van der Waals surface area contributed by atoms with Gasteiger partial charge in [0.15, 0.2) is 0 Å². The normalized spacial score (nSPS) is 12.9. The van der Waals surface area contributed by atoms with E-state index in [1.54, 1.807) is 11.8 Å². The zero-order chi connectivity index (χ0) is 9.84. The van der Waals surface area contributed by atoms with Gasteiger partial charge in [0.25, 0.3) is 0 Å². The minimum Gasteiger partial charge on any atom is -0.206 e. The summed E-state index contributed by atoms with van der Waals surface area (Å²) in [6, 6.07) is 5.60. The summed E-state index contributed by atoms with van der Waals surface area (Å²) in [6.45, 7) is 5.95. The third kappa shape index (κ3) is 2.47. The second-order valence-electron chi connectivity index (χ2n) is 3.08. The Morgan fingerprint density at radius 1 is 1.46 bits per heavy atom. The summed E-state index contributed by atoms with van der Waals surface area (Å²) in [5.41, 5.74) is 1.56. The van der Waals surface area contributed by atoms with E-state index < -0.39 is 0 Å².